The third-order valence-electron chi connectivity index (χ3n) is 4.80. The van der Waals surface area contributed by atoms with Crippen molar-refractivity contribution in [3.63, 3.8) is 0 Å². The monoisotopic (exact) mass is 302 g/mol. The van der Waals surface area contributed by atoms with Crippen LogP contribution in [-0.4, -0.2) is 23.3 Å². The predicted molar refractivity (Wildman–Crippen MR) is 79.5 cm³/mol. The van der Waals surface area contributed by atoms with Crippen molar-refractivity contribution in [1.29, 1.82) is 0 Å². The molecule has 2 aliphatic carbocycles. The first-order chi connectivity index (χ1) is 9.38. The van der Waals surface area contributed by atoms with Crippen LogP contribution in [0.1, 0.15) is 58.8 Å². The molecule has 3 unspecified atom stereocenters. The molecule has 20 heavy (non-hydrogen) atoms. The van der Waals surface area contributed by atoms with Crippen molar-refractivity contribution in [2.24, 2.45) is 17.3 Å². The van der Waals surface area contributed by atoms with Crippen molar-refractivity contribution in [2.45, 2.75) is 64.9 Å². The topological polar surface area (TPSA) is 63.6 Å². The highest BCUT2D eigenvalue weighted by Gasteiger charge is 2.48. The quantitative estimate of drug-likeness (QED) is 0.723. The zero-order valence-electron chi connectivity index (χ0n) is 12.6. The second-order valence-electron chi connectivity index (χ2n) is 7.15. The molecule has 0 amide bonds. The summed E-state index contributed by atoms with van der Waals surface area (Å²) in [6, 6.07) is 0. The number of hydrogen-bond donors (Lipinski definition) is 1. The van der Waals surface area contributed by atoms with E-state index in [0.29, 0.717) is 12.3 Å². The van der Waals surface area contributed by atoms with E-state index >= 15 is 0 Å². The van der Waals surface area contributed by atoms with Gasteiger partial charge in [-0.25, -0.2) is 0 Å². The van der Waals surface area contributed by atoms with E-state index in [1.165, 1.54) is 19.3 Å². The summed E-state index contributed by atoms with van der Waals surface area (Å²) in [6.45, 7) is 4.17. The van der Waals surface area contributed by atoms with Gasteiger partial charge in [0.15, 0.2) is 8.03 Å². The van der Waals surface area contributed by atoms with Crippen LogP contribution >= 0.6 is 8.03 Å². The highest BCUT2D eigenvalue weighted by molar-refractivity contribution is 7.39. The second-order valence-corrected chi connectivity index (χ2v) is 8.54. The molecule has 4 nitrogen and oxygen atoms in total. The molecule has 0 bridgehead atoms. The van der Waals surface area contributed by atoms with Gasteiger partial charge >= 0.3 is 5.97 Å². The Morgan fingerprint density at radius 3 is 2.45 bits per heavy atom. The van der Waals surface area contributed by atoms with Gasteiger partial charge < -0.3 is 9.63 Å². The van der Waals surface area contributed by atoms with Gasteiger partial charge in [0.2, 0.25) is 0 Å². The summed E-state index contributed by atoms with van der Waals surface area (Å²) in [4.78, 5) is 11.4. The maximum Gasteiger partial charge on any atom is 0.307 e. The fraction of sp³-hybridized carbons (Fsp3) is 0.933. The number of carboxylic acid groups (broad SMARTS) is 1. The van der Waals surface area contributed by atoms with E-state index in [-0.39, 0.29) is 17.7 Å². The first-order valence-corrected chi connectivity index (χ1v) is 9.33. The number of hydrogen-bond acceptors (Lipinski definition) is 3. The minimum Gasteiger partial charge on any atom is -0.481 e. The van der Waals surface area contributed by atoms with Crippen LogP contribution in [0.2, 0.25) is 0 Å². The minimum atomic E-state index is -2.22. The van der Waals surface area contributed by atoms with E-state index in [2.05, 4.69) is 13.8 Å². The number of carbonyl (C=O) groups is 1. The molecule has 0 aromatic carbocycles. The van der Waals surface area contributed by atoms with Crippen LogP contribution in [-0.2, 0) is 13.9 Å². The van der Waals surface area contributed by atoms with E-state index in [1.807, 2.05) is 0 Å². The molecule has 3 atom stereocenters. The van der Waals surface area contributed by atoms with Crippen LogP contribution in [0.3, 0.4) is 0 Å². The van der Waals surface area contributed by atoms with Crippen LogP contribution in [0, 0.1) is 17.3 Å². The van der Waals surface area contributed by atoms with Crippen molar-refractivity contribution in [2.75, 3.05) is 6.16 Å². The Kier molecular flexibility index (Phi) is 5.30. The largest absolute Gasteiger partial charge is 0.481 e. The summed E-state index contributed by atoms with van der Waals surface area (Å²) in [6.07, 6.45) is 7.82. The van der Waals surface area contributed by atoms with E-state index in [1.54, 1.807) is 0 Å². The zero-order valence-corrected chi connectivity index (χ0v) is 13.6. The van der Waals surface area contributed by atoms with Gasteiger partial charge in [0, 0.05) is 6.16 Å². The van der Waals surface area contributed by atoms with Crippen molar-refractivity contribution in [1.82, 2.24) is 0 Å². The Bertz CT molecular complexity index is 374. The molecule has 0 aliphatic heterocycles. The lowest BCUT2D eigenvalue weighted by Gasteiger charge is -2.24. The molecular weight excluding hydrogens is 275 g/mol. The average Bonchev–Trinajstić information content (AvgIpc) is 2.96. The highest BCUT2D eigenvalue weighted by Crippen LogP contribution is 2.51. The molecule has 0 heterocycles. The van der Waals surface area contributed by atoms with Crippen LogP contribution in [0.5, 0.6) is 0 Å². The molecule has 2 rings (SSSR count). The Morgan fingerprint density at radius 1 is 1.35 bits per heavy atom. The van der Waals surface area contributed by atoms with E-state index in [4.69, 9.17) is 4.52 Å². The fourth-order valence-corrected chi connectivity index (χ4v) is 4.68. The standard InChI is InChI=1S/C15H27O4P/c1-15(2)9-13(15)19-20(18)10-12(14(16)17)8-11-6-4-3-5-7-11/h11-13,20H,3-10H2,1-2H3,(H,16,17). The van der Waals surface area contributed by atoms with Crippen LogP contribution in [0.25, 0.3) is 0 Å². The zero-order chi connectivity index (χ0) is 14.8. The smallest absolute Gasteiger partial charge is 0.307 e. The number of rotatable bonds is 7. The summed E-state index contributed by atoms with van der Waals surface area (Å²) < 4.78 is 17.6. The molecule has 2 aliphatic rings. The lowest BCUT2D eigenvalue weighted by molar-refractivity contribution is -0.141. The Balaban J connectivity index is 1.79. The second kappa shape index (κ2) is 6.62. The van der Waals surface area contributed by atoms with Gasteiger partial charge in [0.05, 0.1) is 12.0 Å². The molecule has 2 fully saturated rings. The van der Waals surface area contributed by atoms with Crippen molar-refractivity contribution < 1.29 is 19.0 Å². The van der Waals surface area contributed by atoms with E-state index in [9.17, 15) is 14.5 Å². The van der Waals surface area contributed by atoms with Crippen molar-refractivity contribution in [3.05, 3.63) is 0 Å². The maximum absolute atomic E-state index is 12.0. The third kappa shape index (κ3) is 4.60. The van der Waals surface area contributed by atoms with Gasteiger partial charge in [0.25, 0.3) is 0 Å². The number of aliphatic carboxylic acids is 1. The molecular formula is C15H27O4P. The van der Waals surface area contributed by atoms with Gasteiger partial charge in [-0.3, -0.25) is 9.36 Å². The normalized spacial score (nSPS) is 28.8. The molecule has 0 saturated heterocycles. The summed E-state index contributed by atoms with van der Waals surface area (Å²) in [5.41, 5.74) is 0.127. The molecule has 0 aromatic rings. The summed E-state index contributed by atoms with van der Waals surface area (Å²) in [7, 11) is -2.22. The summed E-state index contributed by atoms with van der Waals surface area (Å²) in [5, 5.41) is 9.33. The van der Waals surface area contributed by atoms with E-state index < -0.39 is 19.9 Å². The summed E-state index contributed by atoms with van der Waals surface area (Å²) in [5.74, 6) is -0.809. The molecule has 2 saturated carbocycles. The van der Waals surface area contributed by atoms with Gasteiger partial charge in [-0.2, -0.15) is 0 Å². The highest BCUT2D eigenvalue weighted by atomic mass is 31.1. The SMILES string of the molecule is CC1(C)CC1O[PH](=O)CC(CC1CCCCC1)C(=O)O. The average molecular weight is 302 g/mol. The van der Waals surface area contributed by atoms with Crippen LogP contribution in [0.15, 0.2) is 0 Å². The molecule has 5 heteroatoms. The van der Waals surface area contributed by atoms with Crippen molar-refractivity contribution in [3.8, 4) is 0 Å². The Morgan fingerprint density at radius 2 is 1.95 bits per heavy atom. The third-order valence-corrected chi connectivity index (χ3v) is 6.18. The first kappa shape index (κ1) is 16.0. The molecule has 0 spiro atoms. The molecule has 0 aromatic heterocycles. The molecule has 0 radical (unpaired) electrons. The van der Waals surface area contributed by atoms with Crippen LogP contribution < -0.4 is 0 Å². The van der Waals surface area contributed by atoms with Gasteiger partial charge in [-0.05, 0) is 24.2 Å². The van der Waals surface area contributed by atoms with Crippen molar-refractivity contribution >= 4 is 14.0 Å². The summed E-state index contributed by atoms with van der Waals surface area (Å²) >= 11 is 0. The first-order valence-electron chi connectivity index (χ1n) is 7.81. The predicted octanol–water partition coefficient (Wildman–Crippen LogP) is 3.95. The molecule has 1 N–H and O–H groups in total. The van der Waals surface area contributed by atoms with Gasteiger partial charge in [-0.1, -0.05) is 46.0 Å². The van der Waals surface area contributed by atoms with Gasteiger partial charge in [0.1, 0.15) is 0 Å². The minimum absolute atomic E-state index is 0.0676. The Hall–Kier alpha value is -0.340. The lowest BCUT2D eigenvalue weighted by atomic mass is 9.83. The van der Waals surface area contributed by atoms with Gasteiger partial charge in [-0.15, -0.1) is 0 Å². The van der Waals surface area contributed by atoms with Crippen LogP contribution in [0.4, 0.5) is 0 Å². The lowest BCUT2D eigenvalue weighted by Crippen LogP contribution is -2.22. The molecule has 116 valence electrons. The number of carboxylic acids is 1. The van der Waals surface area contributed by atoms with E-state index in [0.717, 1.165) is 19.3 Å². The maximum atomic E-state index is 12.0. The fourth-order valence-electron chi connectivity index (χ4n) is 3.12. The Labute approximate surface area is 122 Å².